The van der Waals surface area contributed by atoms with Gasteiger partial charge in [0.2, 0.25) is 0 Å². The van der Waals surface area contributed by atoms with Crippen molar-refractivity contribution in [2.24, 2.45) is 0 Å². The van der Waals surface area contributed by atoms with E-state index in [4.69, 9.17) is 23.8 Å². The van der Waals surface area contributed by atoms with E-state index in [1.165, 1.54) is 11.3 Å². The number of nitrogens with zero attached hydrogens (tertiary/aromatic N) is 1. The smallest absolute Gasteiger partial charge is 0.267 e. The Kier molecular flexibility index (Phi) is 4.82. The molecule has 0 unspecified atom stereocenters. The lowest BCUT2D eigenvalue weighted by Gasteiger charge is -2.15. The third kappa shape index (κ3) is 3.64. The highest BCUT2D eigenvalue weighted by Gasteiger charge is 2.33. The van der Waals surface area contributed by atoms with Crippen molar-refractivity contribution in [2.45, 2.75) is 0 Å². The Bertz CT molecular complexity index is 801. The molecule has 2 aromatic rings. The Labute approximate surface area is 151 Å². The second kappa shape index (κ2) is 6.84. The van der Waals surface area contributed by atoms with Gasteiger partial charge in [-0.3, -0.25) is 15.0 Å². The van der Waals surface area contributed by atoms with Crippen LogP contribution in [0, 0.1) is 0 Å². The number of benzene rings is 1. The molecule has 1 saturated heterocycles. The zero-order valence-corrected chi connectivity index (χ0v) is 14.7. The molecule has 1 aliphatic rings. The fourth-order valence-electron chi connectivity index (χ4n) is 1.83. The molecule has 116 valence electrons. The molecule has 0 radical (unpaired) electrons. The molecule has 2 amide bonds. The zero-order chi connectivity index (χ0) is 16.4. The molecule has 8 heteroatoms. The highest BCUT2D eigenvalue weighted by molar-refractivity contribution is 8.26. The van der Waals surface area contributed by atoms with Gasteiger partial charge < -0.3 is 0 Å². The summed E-state index contributed by atoms with van der Waals surface area (Å²) in [5.41, 5.74) is 2.92. The Morgan fingerprint density at radius 1 is 1.26 bits per heavy atom. The van der Waals surface area contributed by atoms with E-state index in [2.05, 4.69) is 5.43 Å². The number of thioether (sulfide) groups is 1. The van der Waals surface area contributed by atoms with Crippen LogP contribution < -0.4 is 5.43 Å². The molecule has 0 aliphatic carbocycles. The van der Waals surface area contributed by atoms with Crippen molar-refractivity contribution in [3.63, 3.8) is 0 Å². The standard InChI is InChI=1S/C15H9ClN2O2S3/c16-10-5-3-9(4-6-10)13(19)17-18-14(20)12(23-15(18)21)8-11-2-1-7-22-11/h1-8H,(H,17,19). The number of carbonyl (C=O) groups excluding carboxylic acids is 2. The van der Waals surface area contributed by atoms with E-state index >= 15 is 0 Å². The highest BCUT2D eigenvalue weighted by Crippen LogP contribution is 2.32. The molecule has 4 nitrogen and oxygen atoms in total. The number of nitrogens with one attached hydrogen (secondary N) is 1. The molecule has 0 saturated carbocycles. The van der Waals surface area contributed by atoms with E-state index in [-0.39, 0.29) is 5.91 Å². The topological polar surface area (TPSA) is 49.4 Å². The van der Waals surface area contributed by atoms with Crippen molar-refractivity contribution in [1.29, 1.82) is 0 Å². The predicted octanol–water partition coefficient (Wildman–Crippen LogP) is 3.95. The van der Waals surface area contributed by atoms with Gasteiger partial charge in [0.05, 0.1) is 4.91 Å². The lowest BCUT2D eigenvalue weighted by Crippen LogP contribution is -2.44. The minimum atomic E-state index is -0.421. The third-order valence-corrected chi connectivity index (χ3v) is 5.30. The fraction of sp³-hybridized carbons (Fsp3) is 0. The molecule has 3 rings (SSSR count). The zero-order valence-electron chi connectivity index (χ0n) is 11.5. The minimum absolute atomic E-state index is 0.292. The Morgan fingerprint density at radius 2 is 2.00 bits per heavy atom. The van der Waals surface area contributed by atoms with E-state index in [1.807, 2.05) is 17.5 Å². The molecule has 1 fully saturated rings. The Hall–Kier alpha value is -1.67. The van der Waals surface area contributed by atoms with Crippen molar-refractivity contribution < 1.29 is 9.59 Å². The molecule has 2 heterocycles. The van der Waals surface area contributed by atoms with Crippen molar-refractivity contribution >= 4 is 69.1 Å². The van der Waals surface area contributed by atoms with Crippen molar-refractivity contribution in [1.82, 2.24) is 10.4 Å². The van der Waals surface area contributed by atoms with Crippen LogP contribution in [0.5, 0.6) is 0 Å². The number of thiophene rings is 1. The summed E-state index contributed by atoms with van der Waals surface area (Å²) in [5.74, 6) is -0.758. The maximum Gasteiger partial charge on any atom is 0.285 e. The summed E-state index contributed by atoms with van der Waals surface area (Å²) < 4.78 is 0.292. The second-order valence-corrected chi connectivity index (χ2v) is 7.57. The second-order valence-electron chi connectivity index (χ2n) is 4.48. The molecule has 1 N–H and O–H groups in total. The van der Waals surface area contributed by atoms with Gasteiger partial charge in [-0.1, -0.05) is 29.4 Å². The molecule has 0 spiro atoms. The van der Waals surface area contributed by atoms with Gasteiger partial charge in [-0.2, -0.15) is 5.01 Å². The number of rotatable bonds is 3. The Balaban J connectivity index is 1.75. The van der Waals surface area contributed by atoms with Crippen molar-refractivity contribution in [2.75, 3.05) is 0 Å². The first kappa shape index (κ1) is 16.2. The first-order valence-corrected chi connectivity index (χ1v) is 8.91. The summed E-state index contributed by atoms with van der Waals surface area (Å²) in [6.45, 7) is 0. The quantitative estimate of drug-likeness (QED) is 0.647. The van der Waals surface area contributed by atoms with Crippen LogP contribution in [0.15, 0.2) is 46.7 Å². The van der Waals surface area contributed by atoms with Crippen LogP contribution >= 0.6 is 46.9 Å². The summed E-state index contributed by atoms with van der Waals surface area (Å²) in [6.07, 6.45) is 1.76. The summed E-state index contributed by atoms with van der Waals surface area (Å²) in [4.78, 5) is 26.0. The van der Waals surface area contributed by atoms with Crippen LogP contribution in [-0.4, -0.2) is 21.1 Å². The number of thiocarbonyl (C=S) groups is 1. The normalized spacial score (nSPS) is 16.2. The van der Waals surface area contributed by atoms with Crippen LogP contribution in [0.4, 0.5) is 0 Å². The highest BCUT2D eigenvalue weighted by atomic mass is 35.5. The van der Waals surface area contributed by atoms with E-state index in [0.29, 0.717) is 19.8 Å². The summed E-state index contributed by atoms with van der Waals surface area (Å²) in [5, 5.41) is 3.55. The van der Waals surface area contributed by atoms with Gasteiger partial charge in [-0.15, -0.1) is 11.3 Å². The summed E-state index contributed by atoms with van der Waals surface area (Å²) in [7, 11) is 0. The number of hydrazine groups is 1. The van der Waals surface area contributed by atoms with Crippen LogP contribution in [0.25, 0.3) is 6.08 Å². The van der Waals surface area contributed by atoms with Gasteiger partial charge >= 0.3 is 0 Å². The maximum absolute atomic E-state index is 12.4. The third-order valence-electron chi connectivity index (χ3n) is 2.93. The fourth-order valence-corrected chi connectivity index (χ4v) is 3.86. The largest absolute Gasteiger partial charge is 0.285 e. The first-order chi connectivity index (χ1) is 11.0. The monoisotopic (exact) mass is 380 g/mol. The molecule has 1 aromatic carbocycles. The average molecular weight is 381 g/mol. The van der Waals surface area contributed by atoms with Crippen LogP contribution in [-0.2, 0) is 4.79 Å². The minimum Gasteiger partial charge on any atom is -0.267 e. The molecular weight excluding hydrogens is 372 g/mol. The molecule has 0 bridgehead atoms. The molecular formula is C15H9ClN2O2S3. The lowest BCUT2D eigenvalue weighted by atomic mass is 10.2. The SMILES string of the molecule is O=C(NN1C(=O)C(=Cc2cccs2)SC1=S)c1ccc(Cl)cc1. The van der Waals surface area contributed by atoms with Crippen LogP contribution in [0.1, 0.15) is 15.2 Å². The van der Waals surface area contributed by atoms with Gasteiger partial charge in [-0.05, 0) is 54.0 Å². The van der Waals surface area contributed by atoms with Gasteiger partial charge in [0.25, 0.3) is 11.8 Å². The maximum atomic E-state index is 12.4. The lowest BCUT2D eigenvalue weighted by molar-refractivity contribution is -0.123. The van der Waals surface area contributed by atoms with Crippen LogP contribution in [0.2, 0.25) is 5.02 Å². The molecule has 1 aliphatic heterocycles. The van der Waals surface area contributed by atoms with Gasteiger partial charge in [0.1, 0.15) is 0 Å². The van der Waals surface area contributed by atoms with E-state index in [9.17, 15) is 9.59 Å². The summed E-state index contributed by atoms with van der Waals surface area (Å²) in [6, 6.07) is 10.2. The number of carbonyl (C=O) groups is 2. The first-order valence-electron chi connectivity index (χ1n) is 6.42. The number of amides is 2. The number of hydrogen-bond donors (Lipinski definition) is 1. The van der Waals surface area contributed by atoms with E-state index < -0.39 is 5.91 Å². The van der Waals surface area contributed by atoms with E-state index in [0.717, 1.165) is 21.6 Å². The number of halogens is 1. The molecule has 1 aromatic heterocycles. The Morgan fingerprint density at radius 3 is 2.65 bits per heavy atom. The van der Waals surface area contributed by atoms with Crippen molar-refractivity contribution in [3.05, 3.63) is 62.1 Å². The predicted molar refractivity (Wildman–Crippen MR) is 98.2 cm³/mol. The van der Waals surface area contributed by atoms with Gasteiger partial charge in [0.15, 0.2) is 4.32 Å². The molecule has 23 heavy (non-hydrogen) atoms. The van der Waals surface area contributed by atoms with Crippen LogP contribution in [0.3, 0.4) is 0 Å². The van der Waals surface area contributed by atoms with E-state index in [1.54, 1.807) is 30.3 Å². The van der Waals surface area contributed by atoms with Gasteiger partial charge in [0, 0.05) is 15.5 Å². The van der Waals surface area contributed by atoms with Gasteiger partial charge in [-0.25, -0.2) is 0 Å². The summed E-state index contributed by atoms with van der Waals surface area (Å²) >= 11 is 13.6. The number of hydrogen-bond acceptors (Lipinski definition) is 5. The molecule has 0 atom stereocenters. The van der Waals surface area contributed by atoms with Crippen molar-refractivity contribution in [3.8, 4) is 0 Å². The average Bonchev–Trinajstić information content (AvgIpc) is 3.12.